The van der Waals surface area contributed by atoms with Crippen molar-refractivity contribution in [1.29, 1.82) is 0 Å². The molecule has 1 N–H and O–H groups in total. The minimum absolute atomic E-state index is 0.105. The van der Waals surface area contributed by atoms with E-state index in [9.17, 15) is 14.4 Å². The second kappa shape index (κ2) is 10.1. The summed E-state index contributed by atoms with van der Waals surface area (Å²) in [6.45, 7) is 5.26. The first-order chi connectivity index (χ1) is 14.8. The summed E-state index contributed by atoms with van der Waals surface area (Å²) in [6.07, 6.45) is 5.36. The summed E-state index contributed by atoms with van der Waals surface area (Å²) in [5.41, 5.74) is -0.161. The number of ether oxygens (including phenoxy) is 4. The van der Waals surface area contributed by atoms with E-state index < -0.39 is 30.0 Å². The van der Waals surface area contributed by atoms with Crippen LogP contribution in [0.1, 0.15) is 56.9 Å². The van der Waals surface area contributed by atoms with Gasteiger partial charge in [0.25, 0.3) is 5.91 Å². The summed E-state index contributed by atoms with van der Waals surface area (Å²) < 4.78 is 21.8. The van der Waals surface area contributed by atoms with Crippen molar-refractivity contribution in [1.82, 2.24) is 10.3 Å². The highest BCUT2D eigenvalue weighted by Gasteiger charge is 2.39. The number of carbonyl (C=O) groups is 3. The third-order valence-corrected chi connectivity index (χ3v) is 5.32. The zero-order valence-corrected chi connectivity index (χ0v) is 18.4. The van der Waals surface area contributed by atoms with E-state index >= 15 is 0 Å². The normalized spacial score (nSPS) is 18.5. The Bertz CT molecular complexity index is 820. The highest BCUT2D eigenvalue weighted by Crippen LogP contribution is 2.38. The van der Waals surface area contributed by atoms with Crippen LogP contribution in [0.25, 0.3) is 0 Å². The largest absolute Gasteiger partial charge is 0.493 e. The fourth-order valence-corrected chi connectivity index (χ4v) is 3.28. The molecule has 1 heterocycles. The van der Waals surface area contributed by atoms with Crippen molar-refractivity contribution in [2.75, 3.05) is 13.7 Å². The summed E-state index contributed by atoms with van der Waals surface area (Å²) in [4.78, 5) is 40.7. The van der Waals surface area contributed by atoms with Crippen LogP contribution in [0.15, 0.2) is 12.3 Å². The lowest BCUT2D eigenvalue weighted by Gasteiger charge is -2.26. The zero-order chi connectivity index (χ0) is 22.5. The summed E-state index contributed by atoms with van der Waals surface area (Å²) in [5.74, 6) is -0.762. The van der Waals surface area contributed by atoms with Crippen LogP contribution in [0.3, 0.4) is 0 Å². The third-order valence-electron chi connectivity index (χ3n) is 5.32. The van der Waals surface area contributed by atoms with Gasteiger partial charge in [0.2, 0.25) is 5.75 Å². The van der Waals surface area contributed by atoms with E-state index in [1.54, 1.807) is 0 Å². The molecule has 9 nitrogen and oxygen atoms in total. The Morgan fingerprint density at radius 2 is 1.90 bits per heavy atom. The van der Waals surface area contributed by atoms with Crippen molar-refractivity contribution < 1.29 is 33.3 Å². The molecule has 2 aliphatic carbocycles. The van der Waals surface area contributed by atoms with Crippen molar-refractivity contribution in [3.05, 3.63) is 18.0 Å². The van der Waals surface area contributed by atoms with E-state index in [-0.39, 0.29) is 23.3 Å². The number of hydrogen-bond acceptors (Lipinski definition) is 8. The molecular formula is C22H30N2O7. The van der Waals surface area contributed by atoms with Crippen LogP contribution in [-0.4, -0.2) is 54.8 Å². The molecule has 0 radical (unpaired) electrons. The van der Waals surface area contributed by atoms with Gasteiger partial charge in [0, 0.05) is 25.8 Å². The lowest BCUT2D eigenvalue weighted by molar-refractivity contribution is -0.159. The van der Waals surface area contributed by atoms with Gasteiger partial charge in [-0.3, -0.25) is 9.59 Å². The minimum atomic E-state index is -0.934. The SMILES string of the molecule is COc1ccnc(C(=O)N[C@@H](C)C(=O)O[C@@H](C)[C@H](OCC2CC2)C2CC2)c1OC(C)=O. The summed E-state index contributed by atoms with van der Waals surface area (Å²) >= 11 is 0. The van der Waals surface area contributed by atoms with Crippen LogP contribution in [0, 0.1) is 11.8 Å². The molecule has 3 atom stereocenters. The maximum Gasteiger partial charge on any atom is 0.328 e. The molecule has 3 rings (SSSR count). The lowest BCUT2D eigenvalue weighted by Crippen LogP contribution is -2.43. The molecule has 2 aliphatic rings. The van der Waals surface area contributed by atoms with Gasteiger partial charge >= 0.3 is 11.9 Å². The molecule has 2 saturated carbocycles. The van der Waals surface area contributed by atoms with Gasteiger partial charge in [0.1, 0.15) is 12.1 Å². The fraction of sp³-hybridized carbons (Fsp3) is 0.636. The first-order valence-electron chi connectivity index (χ1n) is 10.6. The molecule has 2 fully saturated rings. The van der Waals surface area contributed by atoms with Crippen LogP contribution >= 0.6 is 0 Å². The van der Waals surface area contributed by atoms with Crippen LogP contribution in [0.4, 0.5) is 0 Å². The molecule has 31 heavy (non-hydrogen) atoms. The van der Waals surface area contributed by atoms with Crippen molar-refractivity contribution in [3.63, 3.8) is 0 Å². The second-order valence-corrected chi connectivity index (χ2v) is 8.20. The smallest absolute Gasteiger partial charge is 0.328 e. The Morgan fingerprint density at radius 3 is 2.48 bits per heavy atom. The Kier molecular flexibility index (Phi) is 7.48. The number of rotatable bonds is 11. The molecule has 1 amide bonds. The Labute approximate surface area is 181 Å². The molecular weight excluding hydrogens is 404 g/mol. The van der Waals surface area contributed by atoms with Gasteiger partial charge in [-0.15, -0.1) is 0 Å². The Morgan fingerprint density at radius 1 is 1.19 bits per heavy atom. The van der Waals surface area contributed by atoms with Gasteiger partial charge in [0.15, 0.2) is 11.4 Å². The van der Waals surface area contributed by atoms with Crippen LogP contribution in [-0.2, 0) is 19.1 Å². The van der Waals surface area contributed by atoms with Gasteiger partial charge < -0.3 is 24.3 Å². The van der Waals surface area contributed by atoms with Gasteiger partial charge in [0.05, 0.1) is 13.2 Å². The van der Waals surface area contributed by atoms with E-state index in [4.69, 9.17) is 18.9 Å². The van der Waals surface area contributed by atoms with E-state index in [0.29, 0.717) is 18.4 Å². The zero-order valence-electron chi connectivity index (χ0n) is 18.4. The predicted molar refractivity (Wildman–Crippen MR) is 110 cm³/mol. The average molecular weight is 434 g/mol. The number of aromatic nitrogens is 1. The van der Waals surface area contributed by atoms with Crippen LogP contribution in [0.2, 0.25) is 0 Å². The molecule has 170 valence electrons. The number of amides is 1. The number of nitrogens with one attached hydrogen (secondary N) is 1. The Hall–Kier alpha value is -2.68. The molecule has 0 spiro atoms. The molecule has 9 heteroatoms. The molecule has 0 saturated heterocycles. The van der Waals surface area contributed by atoms with Gasteiger partial charge in [-0.25, -0.2) is 9.78 Å². The molecule has 0 aliphatic heterocycles. The fourth-order valence-electron chi connectivity index (χ4n) is 3.28. The van der Waals surface area contributed by atoms with Gasteiger partial charge in [-0.2, -0.15) is 0 Å². The van der Waals surface area contributed by atoms with Crippen molar-refractivity contribution in [3.8, 4) is 11.5 Å². The molecule has 0 bridgehead atoms. The number of carbonyl (C=O) groups excluding carboxylic acids is 3. The predicted octanol–water partition coefficient (Wildman–Crippen LogP) is 2.27. The minimum Gasteiger partial charge on any atom is -0.493 e. The Balaban J connectivity index is 1.59. The molecule has 1 aromatic heterocycles. The number of esters is 2. The molecule has 1 aromatic rings. The molecule has 0 unspecified atom stereocenters. The number of nitrogens with zero attached hydrogens (tertiary/aromatic N) is 1. The second-order valence-electron chi connectivity index (χ2n) is 8.20. The van der Waals surface area contributed by atoms with Crippen molar-refractivity contribution >= 4 is 17.8 Å². The molecule has 0 aromatic carbocycles. The lowest BCUT2D eigenvalue weighted by atomic mass is 10.1. The van der Waals surface area contributed by atoms with Gasteiger partial charge in [-0.1, -0.05) is 0 Å². The maximum atomic E-state index is 12.7. The van der Waals surface area contributed by atoms with Crippen LogP contribution < -0.4 is 14.8 Å². The first kappa shape index (κ1) is 23.0. The standard InChI is InChI=1S/C22H30N2O7/c1-12(22(27)30-13(2)19(16-7-8-16)29-11-15-5-6-15)24-21(26)18-20(31-14(3)25)17(28-4)9-10-23-18/h9-10,12-13,15-16,19H,5-8,11H2,1-4H3,(H,24,26)/t12-,13-,19-/m0/s1. The monoisotopic (exact) mass is 434 g/mol. The van der Waals surface area contributed by atoms with Crippen LogP contribution in [0.5, 0.6) is 11.5 Å². The number of methoxy groups -OCH3 is 1. The summed E-state index contributed by atoms with van der Waals surface area (Å²) in [5, 5.41) is 2.55. The highest BCUT2D eigenvalue weighted by molar-refractivity contribution is 5.98. The highest BCUT2D eigenvalue weighted by atomic mass is 16.6. The topological polar surface area (TPSA) is 113 Å². The quantitative estimate of drug-likeness (QED) is 0.528. The average Bonchev–Trinajstić information content (AvgIpc) is 3.62. The van der Waals surface area contributed by atoms with E-state index in [2.05, 4.69) is 10.3 Å². The van der Waals surface area contributed by atoms with E-state index in [1.807, 2.05) is 6.92 Å². The number of hydrogen-bond donors (Lipinski definition) is 1. The summed E-state index contributed by atoms with van der Waals surface area (Å²) in [7, 11) is 1.38. The summed E-state index contributed by atoms with van der Waals surface area (Å²) in [6, 6.07) is 0.532. The van der Waals surface area contributed by atoms with E-state index in [0.717, 1.165) is 12.8 Å². The van der Waals surface area contributed by atoms with Crippen molar-refractivity contribution in [2.45, 2.75) is 64.7 Å². The third kappa shape index (κ3) is 6.40. The first-order valence-corrected chi connectivity index (χ1v) is 10.6. The maximum absolute atomic E-state index is 12.7. The van der Waals surface area contributed by atoms with Gasteiger partial charge in [-0.05, 0) is 51.4 Å². The van der Waals surface area contributed by atoms with Crippen molar-refractivity contribution in [2.24, 2.45) is 11.8 Å². The number of pyridine rings is 1. The van der Waals surface area contributed by atoms with E-state index in [1.165, 1.54) is 46.1 Å².